The third kappa shape index (κ3) is 2.54. The topological polar surface area (TPSA) is 43.1 Å². The van der Waals surface area contributed by atoms with E-state index in [1.165, 1.54) is 11.3 Å². The van der Waals surface area contributed by atoms with Gasteiger partial charge in [-0.2, -0.15) is 0 Å². The lowest BCUT2D eigenvalue weighted by atomic mass is 10.1. The van der Waals surface area contributed by atoms with Gasteiger partial charge in [0.05, 0.1) is 9.90 Å². The van der Waals surface area contributed by atoms with E-state index in [9.17, 15) is 4.79 Å². The molecule has 2 rings (SSSR count). The standard InChI is InChI=1S/C12H9BrClNOS/c1-6-9(13)5-11(17-6)12(16)8-3-2-7(15)4-10(8)14/h2-5H,15H2,1H3. The Balaban J connectivity index is 2.43. The van der Waals surface area contributed by atoms with Gasteiger partial charge < -0.3 is 5.73 Å². The van der Waals surface area contributed by atoms with Crippen molar-refractivity contribution in [3.05, 3.63) is 49.1 Å². The van der Waals surface area contributed by atoms with Gasteiger partial charge in [-0.05, 0) is 47.1 Å². The monoisotopic (exact) mass is 329 g/mol. The maximum Gasteiger partial charge on any atom is 0.204 e. The predicted octanol–water partition coefficient (Wildman–Crippen LogP) is 4.29. The molecule has 0 saturated heterocycles. The van der Waals surface area contributed by atoms with Crippen LogP contribution < -0.4 is 5.73 Å². The third-order valence-corrected chi connectivity index (χ3v) is 4.77. The van der Waals surface area contributed by atoms with Gasteiger partial charge in [-0.25, -0.2) is 0 Å². The summed E-state index contributed by atoms with van der Waals surface area (Å²) < 4.78 is 0.942. The highest BCUT2D eigenvalue weighted by atomic mass is 79.9. The van der Waals surface area contributed by atoms with Crippen LogP contribution in [0.1, 0.15) is 20.1 Å². The summed E-state index contributed by atoms with van der Waals surface area (Å²) in [5.41, 5.74) is 6.63. The van der Waals surface area contributed by atoms with Crippen LogP contribution >= 0.6 is 38.9 Å². The van der Waals surface area contributed by atoms with E-state index in [-0.39, 0.29) is 5.78 Å². The second-order valence-electron chi connectivity index (χ2n) is 3.58. The summed E-state index contributed by atoms with van der Waals surface area (Å²) in [5, 5.41) is 0.386. The number of aryl methyl sites for hydroxylation is 1. The molecule has 2 aromatic rings. The zero-order valence-corrected chi connectivity index (χ0v) is 12.1. The van der Waals surface area contributed by atoms with Crippen LogP contribution in [0.15, 0.2) is 28.7 Å². The molecule has 17 heavy (non-hydrogen) atoms. The third-order valence-electron chi connectivity index (χ3n) is 2.32. The first-order chi connectivity index (χ1) is 7.99. The number of carbonyl (C=O) groups is 1. The number of hydrogen-bond acceptors (Lipinski definition) is 3. The predicted molar refractivity (Wildman–Crippen MR) is 76.1 cm³/mol. The average Bonchev–Trinajstić information content (AvgIpc) is 2.58. The fourth-order valence-corrected chi connectivity index (χ4v) is 3.18. The zero-order chi connectivity index (χ0) is 12.6. The van der Waals surface area contributed by atoms with Crippen molar-refractivity contribution in [3.8, 4) is 0 Å². The summed E-state index contributed by atoms with van der Waals surface area (Å²) in [5.74, 6) is -0.0752. The van der Waals surface area contributed by atoms with E-state index in [1.54, 1.807) is 18.2 Å². The Morgan fingerprint density at radius 3 is 2.65 bits per heavy atom. The molecule has 0 radical (unpaired) electrons. The summed E-state index contributed by atoms with van der Waals surface area (Å²) in [4.78, 5) is 13.9. The highest BCUT2D eigenvalue weighted by Gasteiger charge is 2.16. The smallest absolute Gasteiger partial charge is 0.204 e. The molecular formula is C12H9BrClNOS. The van der Waals surface area contributed by atoms with Crippen molar-refractivity contribution in [2.45, 2.75) is 6.92 Å². The van der Waals surface area contributed by atoms with E-state index in [4.69, 9.17) is 17.3 Å². The van der Waals surface area contributed by atoms with E-state index in [0.29, 0.717) is 21.2 Å². The number of rotatable bonds is 2. The van der Waals surface area contributed by atoms with Crippen LogP contribution in [0, 0.1) is 6.92 Å². The largest absolute Gasteiger partial charge is 0.399 e. The number of benzene rings is 1. The number of hydrogen-bond donors (Lipinski definition) is 1. The van der Waals surface area contributed by atoms with Gasteiger partial charge in [-0.1, -0.05) is 11.6 Å². The van der Waals surface area contributed by atoms with Crippen LogP contribution in [-0.4, -0.2) is 5.78 Å². The number of thiophene rings is 1. The summed E-state index contributed by atoms with van der Waals surface area (Å²) in [6.45, 7) is 1.95. The molecule has 88 valence electrons. The molecule has 0 aliphatic carbocycles. The first kappa shape index (κ1) is 12.6. The SMILES string of the molecule is Cc1sc(C(=O)c2ccc(N)cc2Cl)cc1Br. The fourth-order valence-electron chi connectivity index (χ4n) is 1.42. The van der Waals surface area contributed by atoms with E-state index in [1.807, 2.05) is 13.0 Å². The number of carbonyl (C=O) groups excluding carboxylic acids is 1. The van der Waals surface area contributed by atoms with Crippen molar-refractivity contribution in [2.75, 3.05) is 5.73 Å². The minimum Gasteiger partial charge on any atom is -0.399 e. The molecule has 0 amide bonds. The van der Waals surface area contributed by atoms with Crippen LogP contribution in [0.2, 0.25) is 5.02 Å². The normalized spacial score (nSPS) is 10.5. The number of nitrogen functional groups attached to an aromatic ring is 1. The molecule has 0 aliphatic heterocycles. The molecule has 2 N–H and O–H groups in total. The lowest BCUT2D eigenvalue weighted by Crippen LogP contribution is -2.00. The molecule has 1 aromatic carbocycles. The van der Waals surface area contributed by atoms with Crippen LogP contribution in [0.5, 0.6) is 0 Å². The summed E-state index contributed by atoms with van der Waals surface area (Å²) in [7, 11) is 0. The molecule has 0 fully saturated rings. The highest BCUT2D eigenvalue weighted by molar-refractivity contribution is 9.10. The molecule has 0 bridgehead atoms. The van der Waals surface area contributed by atoms with Crippen LogP contribution in [0.25, 0.3) is 0 Å². The van der Waals surface area contributed by atoms with Gasteiger partial charge in [-0.3, -0.25) is 4.79 Å². The Kier molecular flexibility index (Phi) is 3.56. The van der Waals surface area contributed by atoms with Crippen molar-refractivity contribution in [3.63, 3.8) is 0 Å². The molecule has 0 spiro atoms. The Hall–Kier alpha value is -0.840. The highest BCUT2D eigenvalue weighted by Crippen LogP contribution is 2.30. The molecule has 0 atom stereocenters. The Morgan fingerprint density at radius 2 is 2.12 bits per heavy atom. The number of ketones is 1. The molecule has 0 aliphatic rings. The molecule has 5 heteroatoms. The second-order valence-corrected chi connectivity index (χ2v) is 6.10. The fraction of sp³-hybridized carbons (Fsp3) is 0.0833. The Morgan fingerprint density at radius 1 is 1.41 bits per heavy atom. The van der Waals surface area contributed by atoms with Crippen molar-refractivity contribution in [1.29, 1.82) is 0 Å². The minimum absolute atomic E-state index is 0.0752. The number of nitrogens with two attached hydrogens (primary N) is 1. The number of halogens is 2. The van der Waals surface area contributed by atoms with Gasteiger partial charge in [-0.15, -0.1) is 11.3 Å². The van der Waals surface area contributed by atoms with Gasteiger partial charge in [0, 0.05) is 20.6 Å². The average molecular weight is 331 g/mol. The van der Waals surface area contributed by atoms with E-state index < -0.39 is 0 Å². The Bertz CT molecular complexity index is 575. The lowest BCUT2D eigenvalue weighted by molar-refractivity contribution is 0.104. The van der Waals surface area contributed by atoms with E-state index in [2.05, 4.69) is 15.9 Å². The maximum absolute atomic E-state index is 12.2. The van der Waals surface area contributed by atoms with Gasteiger partial charge in [0.2, 0.25) is 5.78 Å². The summed E-state index contributed by atoms with van der Waals surface area (Å²) in [6.07, 6.45) is 0. The lowest BCUT2D eigenvalue weighted by Gasteiger charge is -2.02. The van der Waals surface area contributed by atoms with Crippen molar-refractivity contribution < 1.29 is 4.79 Å². The van der Waals surface area contributed by atoms with Gasteiger partial charge >= 0.3 is 0 Å². The molecule has 1 aromatic heterocycles. The molecule has 0 unspecified atom stereocenters. The summed E-state index contributed by atoms with van der Waals surface area (Å²) in [6, 6.07) is 6.73. The quantitative estimate of drug-likeness (QED) is 0.659. The van der Waals surface area contributed by atoms with E-state index in [0.717, 1.165) is 9.35 Å². The Labute approximate surface area is 117 Å². The van der Waals surface area contributed by atoms with Gasteiger partial charge in [0.15, 0.2) is 0 Å². The van der Waals surface area contributed by atoms with Crippen molar-refractivity contribution in [2.24, 2.45) is 0 Å². The van der Waals surface area contributed by atoms with Gasteiger partial charge in [0.25, 0.3) is 0 Å². The first-order valence-electron chi connectivity index (χ1n) is 4.84. The molecule has 0 saturated carbocycles. The second kappa shape index (κ2) is 4.80. The molecule has 2 nitrogen and oxygen atoms in total. The minimum atomic E-state index is -0.0752. The molecular weight excluding hydrogens is 322 g/mol. The molecule has 1 heterocycles. The van der Waals surface area contributed by atoms with Crippen LogP contribution in [0.4, 0.5) is 5.69 Å². The van der Waals surface area contributed by atoms with Crippen molar-refractivity contribution >= 4 is 50.3 Å². The summed E-state index contributed by atoms with van der Waals surface area (Å²) >= 11 is 10.8. The van der Waals surface area contributed by atoms with Crippen LogP contribution in [-0.2, 0) is 0 Å². The number of anilines is 1. The van der Waals surface area contributed by atoms with Gasteiger partial charge in [0.1, 0.15) is 0 Å². The van der Waals surface area contributed by atoms with Crippen molar-refractivity contribution in [1.82, 2.24) is 0 Å². The van der Waals surface area contributed by atoms with Crippen LogP contribution in [0.3, 0.4) is 0 Å². The maximum atomic E-state index is 12.2. The first-order valence-corrected chi connectivity index (χ1v) is 6.83. The zero-order valence-electron chi connectivity index (χ0n) is 8.96. The van der Waals surface area contributed by atoms with E-state index >= 15 is 0 Å².